The summed E-state index contributed by atoms with van der Waals surface area (Å²) in [5, 5.41) is 7.12. The third kappa shape index (κ3) is 6.33. The summed E-state index contributed by atoms with van der Waals surface area (Å²) in [5.41, 5.74) is 2.76. The van der Waals surface area contributed by atoms with E-state index in [1.54, 1.807) is 17.4 Å². The van der Waals surface area contributed by atoms with E-state index in [2.05, 4.69) is 10.6 Å². The molecule has 1 heterocycles. The van der Waals surface area contributed by atoms with E-state index >= 15 is 0 Å². The van der Waals surface area contributed by atoms with Crippen molar-refractivity contribution in [1.82, 2.24) is 5.32 Å². The Kier molecular flexibility index (Phi) is 7.35. The van der Waals surface area contributed by atoms with Crippen LogP contribution in [0.3, 0.4) is 0 Å². The first kappa shape index (κ1) is 19.7. The van der Waals surface area contributed by atoms with Crippen molar-refractivity contribution >= 4 is 34.8 Å². The predicted molar refractivity (Wildman–Crippen MR) is 101 cm³/mol. The molecule has 2 aromatic rings. The first-order valence-corrected chi connectivity index (χ1v) is 9.14. The Labute approximate surface area is 156 Å². The van der Waals surface area contributed by atoms with Crippen molar-refractivity contribution in [3.05, 3.63) is 51.7 Å². The molecule has 1 aromatic heterocycles. The maximum absolute atomic E-state index is 11.9. The van der Waals surface area contributed by atoms with Crippen molar-refractivity contribution in [2.24, 2.45) is 0 Å². The molecule has 0 unspecified atom stereocenters. The summed E-state index contributed by atoms with van der Waals surface area (Å²) in [6.45, 7) is 3.30. The third-order valence-corrected chi connectivity index (χ3v) is 4.78. The normalized spacial score (nSPS) is 10.2. The van der Waals surface area contributed by atoms with Gasteiger partial charge in [0.25, 0.3) is 5.91 Å². The molecule has 0 aliphatic rings. The molecule has 0 radical (unpaired) electrons. The Hall–Kier alpha value is -2.67. The van der Waals surface area contributed by atoms with Gasteiger partial charge in [-0.25, -0.2) is 0 Å². The molecule has 0 bridgehead atoms. The monoisotopic (exact) mass is 374 g/mol. The second kappa shape index (κ2) is 9.72. The molecule has 0 atom stereocenters. The average molecular weight is 374 g/mol. The minimum absolute atomic E-state index is 0.182. The number of ether oxygens (including phenoxy) is 1. The molecule has 7 heteroatoms. The van der Waals surface area contributed by atoms with Crippen LogP contribution in [-0.2, 0) is 25.5 Å². The summed E-state index contributed by atoms with van der Waals surface area (Å²) in [6.07, 6.45) is 0.817. The number of esters is 1. The second-order valence-electron chi connectivity index (χ2n) is 5.81. The molecule has 0 saturated heterocycles. The Morgan fingerprint density at radius 2 is 1.88 bits per heavy atom. The van der Waals surface area contributed by atoms with Crippen molar-refractivity contribution in [3.63, 3.8) is 0 Å². The lowest BCUT2D eigenvalue weighted by atomic mass is 10.1. The van der Waals surface area contributed by atoms with Crippen LogP contribution in [0.2, 0.25) is 0 Å². The van der Waals surface area contributed by atoms with Gasteiger partial charge in [0.1, 0.15) is 0 Å². The fourth-order valence-electron chi connectivity index (χ4n) is 2.21. The van der Waals surface area contributed by atoms with Crippen molar-refractivity contribution in [1.29, 1.82) is 0 Å². The van der Waals surface area contributed by atoms with Gasteiger partial charge in [-0.2, -0.15) is 0 Å². The number of thiophene rings is 1. The molecule has 6 nitrogen and oxygen atoms in total. The Morgan fingerprint density at radius 3 is 2.62 bits per heavy atom. The SMILES string of the molecule is Cc1cccc(NC(=O)CNC(=O)COC(=O)CCc2cccs2)c1C. The lowest BCUT2D eigenvalue weighted by Gasteiger charge is -2.11. The second-order valence-corrected chi connectivity index (χ2v) is 6.84. The standard InChI is InChI=1S/C19H22N2O4S/c1-13-5-3-7-16(14(13)2)21-17(22)11-20-18(23)12-25-19(24)9-8-15-6-4-10-26-15/h3-7,10H,8-9,11-12H2,1-2H3,(H,20,23)(H,21,22). The topological polar surface area (TPSA) is 84.5 Å². The first-order valence-electron chi connectivity index (χ1n) is 8.26. The van der Waals surface area contributed by atoms with E-state index in [4.69, 9.17) is 4.74 Å². The Balaban J connectivity index is 1.65. The van der Waals surface area contributed by atoms with Crippen LogP contribution in [0.15, 0.2) is 35.7 Å². The fourth-order valence-corrected chi connectivity index (χ4v) is 2.92. The van der Waals surface area contributed by atoms with Gasteiger partial charge in [-0.1, -0.05) is 18.2 Å². The first-order chi connectivity index (χ1) is 12.5. The molecule has 2 amide bonds. The maximum Gasteiger partial charge on any atom is 0.306 e. The molecule has 138 valence electrons. The van der Waals surface area contributed by atoms with Gasteiger partial charge >= 0.3 is 5.97 Å². The molecule has 2 rings (SSSR count). The maximum atomic E-state index is 11.9. The number of amides is 2. The van der Waals surface area contributed by atoms with Crippen LogP contribution in [0.25, 0.3) is 0 Å². The third-order valence-electron chi connectivity index (χ3n) is 3.84. The number of anilines is 1. The van der Waals surface area contributed by atoms with Gasteiger partial charge in [0.15, 0.2) is 6.61 Å². The van der Waals surface area contributed by atoms with E-state index in [1.807, 2.05) is 43.5 Å². The smallest absolute Gasteiger partial charge is 0.306 e. The van der Waals surface area contributed by atoms with Gasteiger partial charge in [-0.15, -0.1) is 11.3 Å². The van der Waals surface area contributed by atoms with E-state index in [1.165, 1.54) is 0 Å². The van der Waals surface area contributed by atoms with Crippen LogP contribution in [0.5, 0.6) is 0 Å². The summed E-state index contributed by atoms with van der Waals surface area (Å²) in [7, 11) is 0. The van der Waals surface area contributed by atoms with Gasteiger partial charge < -0.3 is 15.4 Å². The molecular weight excluding hydrogens is 352 g/mol. The lowest BCUT2D eigenvalue weighted by Crippen LogP contribution is -2.35. The Bertz CT molecular complexity index is 772. The fraction of sp³-hybridized carbons (Fsp3) is 0.316. The number of rotatable bonds is 8. The highest BCUT2D eigenvalue weighted by Crippen LogP contribution is 2.17. The van der Waals surface area contributed by atoms with Crippen molar-refractivity contribution in [2.45, 2.75) is 26.7 Å². The van der Waals surface area contributed by atoms with Gasteiger partial charge in [0, 0.05) is 10.6 Å². The lowest BCUT2D eigenvalue weighted by molar-refractivity contribution is -0.148. The molecule has 1 aromatic carbocycles. The number of hydrogen-bond donors (Lipinski definition) is 2. The molecule has 0 aliphatic carbocycles. The number of hydrogen-bond acceptors (Lipinski definition) is 5. The molecule has 26 heavy (non-hydrogen) atoms. The van der Waals surface area contributed by atoms with Crippen LogP contribution in [0.4, 0.5) is 5.69 Å². The van der Waals surface area contributed by atoms with Crippen LogP contribution < -0.4 is 10.6 Å². The highest BCUT2D eigenvalue weighted by molar-refractivity contribution is 7.09. The van der Waals surface area contributed by atoms with Crippen LogP contribution in [-0.4, -0.2) is 30.9 Å². The zero-order valence-electron chi connectivity index (χ0n) is 14.8. The summed E-state index contributed by atoms with van der Waals surface area (Å²) >= 11 is 1.57. The summed E-state index contributed by atoms with van der Waals surface area (Å²) in [4.78, 5) is 36.3. The van der Waals surface area contributed by atoms with E-state index in [0.29, 0.717) is 12.1 Å². The number of carbonyl (C=O) groups excluding carboxylic acids is 3. The minimum Gasteiger partial charge on any atom is -0.456 e. The molecule has 0 aliphatic heterocycles. The molecule has 0 saturated carbocycles. The van der Waals surface area contributed by atoms with Gasteiger partial charge in [-0.3, -0.25) is 14.4 Å². The highest BCUT2D eigenvalue weighted by atomic mass is 32.1. The van der Waals surface area contributed by atoms with Crippen LogP contribution >= 0.6 is 11.3 Å². The van der Waals surface area contributed by atoms with Crippen molar-refractivity contribution < 1.29 is 19.1 Å². The van der Waals surface area contributed by atoms with Crippen molar-refractivity contribution in [2.75, 3.05) is 18.5 Å². The largest absolute Gasteiger partial charge is 0.456 e. The Morgan fingerprint density at radius 1 is 1.08 bits per heavy atom. The minimum atomic E-state index is -0.509. The predicted octanol–water partition coefficient (Wildman–Crippen LogP) is 2.60. The summed E-state index contributed by atoms with van der Waals surface area (Å²) in [6, 6.07) is 9.48. The number of benzene rings is 1. The average Bonchev–Trinajstić information content (AvgIpc) is 3.14. The van der Waals surface area contributed by atoms with E-state index in [0.717, 1.165) is 16.0 Å². The summed E-state index contributed by atoms with van der Waals surface area (Å²) in [5.74, 6) is -1.28. The quantitative estimate of drug-likeness (QED) is 0.696. The van der Waals surface area contributed by atoms with E-state index < -0.39 is 11.9 Å². The van der Waals surface area contributed by atoms with E-state index in [-0.39, 0.29) is 25.5 Å². The zero-order valence-corrected chi connectivity index (χ0v) is 15.7. The summed E-state index contributed by atoms with van der Waals surface area (Å²) < 4.78 is 4.91. The van der Waals surface area contributed by atoms with E-state index in [9.17, 15) is 14.4 Å². The molecule has 2 N–H and O–H groups in total. The highest BCUT2D eigenvalue weighted by Gasteiger charge is 2.11. The zero-order chi connectivity index (χ0) is 18.9. The van der Waals surface area contributed by atoms with Crippen LogP contribution in [0, 0.1) is 13.8 Å². The number of aryl methyl sites for hydroxylation is 2. The van der Waals surface area contributed by atoms with Gasteiger partial charge in [0.05, 0.1) is 13.0 Å². The number of carbonyl (C=O) groups is 3. The van der Waals surface area contributed by atoms with Crippen LogP contribution in [0.1, 0.15) is 22.4 Å². The molecule has 0 spiro atoms. The van der Waals surface area contributed by atoms with Crippen molar-refractivity contribution in [3.8, 4) is 0 Å². The molecular formula is C19H22N2O4S. The van der Waals surface area contributed by atoms with Gasteiger partial charge in [0.2, 0.25) is 5.91 Å². The molecule has 0 fully saturated rings. The number of nitrogens with one attached hydrogen (secondary N) is 2. The van der Waals surface area contributed by atoms with Gasteiger partial charge in [-0.05, 0) is 48.9 Å².